The summed E-state index contributed by atoms with van der Waals surface area (Å²) in [7, 11) is 0. The summed E-state index contributed by atoms with van der Waals surface area (Å²) in [6.07, 6.45) is 25.9. The Morgan fingerprint density at radius 2 is 0.667 bits per heavy atom. The van der Waals surface area contributed by atoms with Crippen molar-refractivity contribution in [1.82, 2.24) is 9.80 Å². The van der Waals surface area contributed by atoms with Crippen molar-refractivity contribution >= 4 is 11.9 Å². The van der Waals surface area contributed by atoms with Crippen molar-refractivity contribution in [3.63, 3.8) is 0 Å². The largest absolute Gasteiger partial charge is 0.461 e. The molecular formula is C48H80N2O4. The van der Waals surface area contributed by atoms with Crippen LogP contribution in [-0.2, 0) is 32.3 Å². The Balaban J connectivity index is 1.68. The van der Waals surface area contributed by atoms with Crippen LogP contribution in [-0.4, -0.2) is 61.0 Å². The van der Waals surface area contributed by atoms with Crippen molar-refractivity contribution in [1.29, 1.82) is 0 Å². The fraction of sp³-hybridized carbons (Fsp3) is 0.708. The number of esters is 2. The first-order chi connectivity index (χ1) is 26.5. The van der Waals surface area contributed by atoms with Crippen molar-refractivity contribution in [2.75, 3.05) is 39.3 Å². The Morgan fingerprint density at radius 3 is 1.02 bits per heavy atom. The van der Waals surface area contributed by atoms with Gasteiger partial charge in [-0.15, -0.1) is 0 Å². The van der Waals surface area contributed by atoms with Gasteiger partial charge in [0.1, 0.15) is 13.2 Å². The molecule has 0 spiro atoms. The summed E-state index contributed by atoms with van der Waals surface area (Å²) >= 11 is 0. The van der Waals surface area contributed by atoms with Gasteiger partial charge in [0.2, 0.25) is 0 Å². The van der Waals surface area contributed by atoms with E-state index in [-0.39, 0.29) is 11.9 Å². The molecule has 0 N–H and O–H groups in total. The summed E-state index contributed by atoms with van der Waals surface area (Å²) in [5.74, 6) is -0.229. The van der Waals surface area contributed by atoms with Crippen LogP contribution in [0.2, 0.25) is 0 Å². The Labute approximate surface area is 332 Å². The second kappa shape index (κ2) is 32.5. The smallest absolute Gasteiger partial charge is 0.306 e. The summed E-state index contributed by atoms with van der Waals surface area (Å²) in [6, 6.07) is 16.4. The van der Waals surface area contributed by atoms with Crippen LogP contribution in [0.25, 0.3) is 11.1 Å². The lowest BCUT2D eigenvalue weighted by molar-refractivity contribution is -0.146. The number of ether oxygens (including phenoxy) is 2. The van der Waals surface area contributed by atoms with Crippen LogP contribution < -0.4 is 0 Å². The number of hydrogen-bond donors (Lipinski definition) is 0. The molecular weight excluding hydrogens is 669 g/mol. The predicted molar refractivity (Wildman–Crippen MR) is 229 cm³/mol. The van der Waals surface area contributed by atoms with Crippen LogP contribution in [0, 0.1) is 0 Å². The van der Waals surface area contributed by atoms with Crippen LogP contribution in [0.5, 0.6) is 0 Å². The first kappa shape index (κ1) is 47.5. The van der Waals surface area contributed by atoms with Crippen LogP contribution in [0.1, 0.15) is 180 Å². The first-order valence-corrected chi connectivity index (χ1v) is 22.4. The lowest BCUT2D eigenvalue weighted by atomic mass is 10.0. The Kier molecular flexibility index (Phi) is 28.6. The van der Waals surface area contributed by atoms with Gasteiger partial charge in [0.25, 0.3) is 0 Å². The third-order valence-corrected chi connectivity index (χ3v) is 10.6. The van der Waals surface area contributed by atoms with Crippen LogP contribution in [0.15, 0.2) is 48.5 Å². The zero-order valence-corrected chi connectivity index (χ0v) is 35.4. The molecule has 306 valence electrons. The molecule has 0 aliphatic rings. The van der Waals surface area contributed by atoms with Crippen molar-refractivity contribution in [2.24, 2.45) is 0 Å². The molecule has 0 atom stereocenters. The average Bonchev–Trinajstić information content (AvgIpc) is 3.19. The molecule has 0 aliphatic heterocycles. The van der Waals surface area contributed by atoms with E-state index in [0.717, 1.165) is 74.4 Å². The number of benzene rings is 2. The molecule has 0 aliphatic carbocycles. The molecule has 2 aromatic rings. The number of rotatable bonds is 35. The standard InChI is InChI=1S/C48H80N2O4/c1-5-9-13-15-17-21-37-49(35-19-11-7-3)39-23-25-47(51)53-41-43-27-31-45(32-28-43)46-33-29-44(30-34-46)42-54-48(52)26-24-40-50(36-20-12-8-4)38-22-18-16-14-10-6-2/h27-34H,5-26,35-42H2,1-4H3. The molecule has 6 nitrogen and oxygen atoms in total. The van der Waals surface area contributed by atoms with E-state index in [2.05, 4.69) is 61.8 Å². The highest BCUT2D eigenvalue weighted by atomic mass is 16.5. The van der Waals surface area contributed by atoms with Gasteiger partial charge in [0, 0.05) is 12.8 Å². The summed E-state index contributed by atoms with van der Waals surface area (Å²) in [5, 5.41) is 0. The molecule has 6 heteroatoms. The van der Waals surface area contributed by atoms with E-state index in [1.807, 2.05) is 24.3 Å². The molecule has 0 amide bonds. The maximum Gasteiger partial charge on any atom is 0.306 e. The highest BCUT2D eigenvalue weighted by Crippen LogP contribution is 2.21. The average molecular weight is 749 g/mol. The van der Waals surface area contributed by atoms with Gasteiger partial charge in [-0.05, 0) is 100 Å². The third kappa shape index (κ3) is 23.9. The van der Waals surface area contributed by atoms with E-state index in [1.165, 1.54) is 116 Å². The van der Waals surface area contributed by atoms with E-state index in [9.17, 15) is 9.59 Å². The molecule has 0 heterocycles. The third-order valence-electron chi connectivity index (χ3n) is 10.6. The van der Waals surface area contributed by atoms with Crippen LogP contribution in [0.3, 0.4) is 0 Å². The highest BCUT2D eigenvalue weighted by Gasteiger charge is 2.11. The van der Waals surface area contributed by atoms with Crippen LogP contribution >= 0.6 is 0 Å². The van der Waals surface area contributed by atoms with Crippen molar-refractivity contribution in [3.8, 4) is 11.1 Å². The molecule has 0 unspecified atom stereocenters. The number of carbonyl (C=O) groups excluding carboxylic acids is 2. The molecule has 0 saturated heterocycles. The fourth-order valence-corrected chi connectivity index (χ4v) is 7.03. The summed E-state index contributed by atoms with van der Waals surface area (Å²) in [5.41, 5.74) is 4.19. The number of unbranched alkanes of at least 4 members (excludes halogenated alkanes) is 14. The molecule has 2 aromatic carbocycles. The quantitative estimate of drug-likeness (QED) is 0.0517. The summed E-state index contributed by atoms with van der Waals surface area (Å²) in [4.78, 5) is 30.2. The van der Waals surface area contributed by atoms with Gasteiger partial charge in [0.15, 0.2) is 0 Å². The minimum absolute atomic E-state index is 0.115. The topological polar surface area (TPSA) is 59.1 Å². The molecule has 0 radical (unpaired) electrons. The first-order valence-electron chi connectivity index (χ1n) is 22.4. The minimum atomic E-state index is -0.115. The van der Waals surface area contributed by atoms with Crippen LogP contribution in [0.4, 0.5) is 0 Å². The molecule has 54 heavy (non-hydrogen) atoms. The molecule has 0 fully saturated rings. The van der Waals surface area contributed by atoms with Gasteiger partial charge in [-0.2, -0.15) is 0 Å². The van der Waals surface area contributed by atoms with E-state index >= 15 is 0 Å². The zero-order chi connectivity index (χ0) is 38.9. The normalized spacial score (nSPS) is 11.4. The van der Waals surface area contributed by atoms with Gasteiger partial charge in [-0.3, -0.25) is 9.59 Å². The lowest BCUT2D eigenvalue weighted by Gasteiger charge is -2.22. The number of nitrogens with zero attached hydrogens (tertiary/aromatic N) is 2. The molecule has 2 rings (SSSR count). The number of carbonyl (C=O) groups is 2. The Morgan fingerprint density at radius 1 is 0.389 bits per heavy atom. The highest BCUT2D eigenvalue weighted by molar-refractivity contribution is 5.70. The second-order valence-electron chi connectivity index (χ2n) is 15.6. The van der Waals surface area contributed by atoms with Gasteiger partial charge < -0.3 is 19.3 Å². The summed E-state index contributed by atoms with van der Waals surface area (Å²) < 4.78 is 11.3. The maximum absolute atomic E-state index is 12.6. The summed E-state index contributed by atoms with van der Waals surface area (Å²) in [6.45, 7) is 16.2. The van der Waals surface area contributed by atoms with Crippen molar-refractivity contribution in [3.05, 3.63) is 59.7 Å². The maximum atomic E-state index is 12.6. The molecule has 0 bridgehead atoms. The van der Waals surface area contributed by atoms with E-state index in [4.69, 9.17) is 9.47 Å². The van der Waals surface area contributed by atoms with Gasteiger partial charge in [-0.1, -0.05) is 166 Å². The fourth-order valence-electron chi connectivity index (χ4n) is 7.03. The zero-order valence-electron chi connectivity index (χ0n) is 35.4. The van der Waals surface area contributed by atoms with E-state index in [1.54, 1.807) is 0 Å². The van der Waals surface area contributed by atoms with Crippen molar-refractivity contribution < 1.29 is 19.1 Å². The van der Waals surface area contributed by atoms with E-state index in [0.29, 0.717) is 26.1 Å². The van der Waals surface area contributed by atoms with E-state index < -0.39 is 0 Å². The Hall–Kier alpha value is -2.70. The monoisotopic (exact) mass is 749 g/mol. The van der Waals surface area contributed by atoms with Gasteiger partial charge in [-0.25, -0.2) is 0 Å². The second-order valence-corrected chi connectivity index (χ2v) is 15.6. The lowest BCUT2D eigenvalue weighted by Crippen LogP contribution is -2.28. The molecule has 0 aromatic heterocycles. The number of hydrogen-bond acceptors (Lipinski definition) is 6. The Bertz CT molecular complexity index is 1090. The van der Waals surface area contributed by atoms with Gasteiger partial charge in [0.05, 0.1) is 0 Å². The van der Waals surface area contributed by atoms with Crippen molar-refractivity contribution in [2.45, 2.75) is 182 Å². The SMILES string of the molecule is CCCCCCCCN(CCCCC)CCCC(=O)OCc1ccc(-c2ccc(COC(=O)CCCN(CCCCC)CCCCCCCC)cc2)cc1. The molecule has 0 saturated carbocycles. The minimum Gasteiger partial charge on any atom is -0.461 e. The van der Waals surface area contributed by atoms with Gasteiger partial charge >= 0.3 is 11.9 Å². The predicted octanol–water partition coefficient (Wildman–Crippen LogP) is 12.7.